The van der Waals surface area contributed by atoms with Crippen LogP contribution >= 0.6 is 0 Å². The van der Waals surface area contributed by atoms with Gasteiger partial charge in [0.25, 0.3) is 0 Å². The lowest BCUT2D eigenvalue weighted by molar-refractivity contribution is -0.141. The minimum absolute atomic E-state index is 0.0368. The molecular formula is C20H33N3O6. The molecule has 3 atom stereocenters. The Kier molecular flexibility index (Phi) is 7.00. The Hall–Kier alpha value is -1.87. The molecule has 0 aliphatic carbocycles. The molecule has 0 radical (unpaired) electrons. The van der Waals surface area contributed by atoms with Crippen LogP contribution in [0.3, 0.4) is 0 Å². The number of ether oxygens (including phenoxy) is 3. The second kappa shape index (κ2) is 9.30. The molecule has 1 N–H and O–H groups in total. The van der Waals surface area contributed by atoms with E-state index < -0.39 is 11.7 Å². The number of carbonyl (C=O) groups excluding carboxylic acids is 3. The van der Waals surface area contributed by atoms with Gasteiger partial charge in [0.15, 0.2) is 0 Å². The van der Waals surface area contributed by atoms with Crippen molar-refractivity contribution in [2.75, 3.05) is 52.6 Å². The summed E-state index contributed by atoms with van der Waals surface area (Å²) in [5.41, 5.74) is -0.586. The molecule has 3 fully saturated rings. The first-order valence-corrected chi connectivity index (χ1v) is 10.5. The van der Waals surface area contributed by atoms with Gasteiger partial charge in [-0.3, -0.25) is 9.59 Å². The van der Waals surface area contributed by atoms with Crippen LogP contribution in [-0.2, 0) is 23.8 Å². The summed E-state index contributed by atoms with van der Waals surface area (Å²) in [5.74, 6) is -0.319. The van der Waals surface area contributed by atoms with Crippen LogP contribution < -0.4 is 5.32 Å². The van der Waals surface area contributed by atoms with Gasteiger partial charge in [0.1, 0.15) is 5.60 Å². The fourth-order valence-corrected chi connectivity index (χ4v) is 3.88. The highest BCUT2D eigenvalue weighted by molar-refractivity contribution is 5.81. The Morgan fingerprint density at radius 2 is 1.69 bits per heavy atom. The first-order valence-electron chi connectivity index (χ1n) is 10.5. The molecule has 9 nitrogen and oxygen atoms in total. The number of hydrogen-bond acceptors (Lipinski definition) is 6. The first kappa shape index (κ1) is 21.8. The van der Waals surface area contributed by atoms with Gasteiger partial charge in [-0.15, -0.1) is 0 Å². The quantitative estimate of drug-likeness (QED) is 0.729. The zero-order chi connectivity index (χ0) is 21.0. The molecule has 164 valence electrons. The molecule has 3 amide bonds. The molecule has 0 saturated carbocycles. The number of rotatable bonds is 4. The molecule has 3 aliphatic rings. The molecule has 0 bridgehead atoms. The van der Waals surface area contributed by atoms with Gasteiger partial charge >= 0.3 is 6.09 Å². The summed E-state index contributed by atoms with van der Waals surface area (Å²) in [6, 6.07) is -0.296. The number of nitrogens with one attached hydrogen (secondary N) is 1. The van der Waals surface area contributed by atoms with Gasteiger partial charge in [0, 0.05) is 39.4 Å². The van der Waals surface area contributed by atoms with E-state index in [1.807, 2.05) is 20.8 Å². The second-order valence-electron chi connectivity index (χ2n) is 8.98. The highest BCUT2D eigenvalue weighted by atomic mass is 16.6. The highest BCUT2D eigenvalue weighted by Crippen LogP contribution is 2.21. The van der Waals surface area contributed by atoms with E-state index in [0.29, 0.717) is 65.4 Å². The Labute approximate surface area is 172 Å². The van der Waals surface area contributed by atoms with Crippen molar-refractivity contribution in [2.45, 2.75) is 45.3 Å². The number of nitrogens with zero attached hydrogens (tertiary/aromatic N) is 2. The average molecular weight is 411 g/mol. The van der Waals surface area contributed by atoms with Crippen molar-refractivity contribution in [3.63, 3.8) is 0 Å². The van der Waals surface area contributed by atoms with Gasteiger partial charge in [-0.2, -0.15) is 0 Å². The largest absolute Gasteiger partial charge is 0.444 e. The molecule has 0 aromatic heterocycles. The number of piperazine rings is 1. The lowest BCUT2D eigenvalue weighted by Gasteiger charge is -2.42. The van der Waals surface area contributed by atoms with Crippen molar-refractivity contribution in [3.05, 3.63) is 0 Å². The molecule has 3 aliphatic heterocycles. The third kappa shape index (κ3) is 5.82. The SMILES string of the molecule is CC(C)(C)OC(=O)N1CCN(C(=O)[C@@H]2CCOC2)[C@H](CNC(=O)[C@@H]2CCOC2)C1. The highest BCUT2D eigenvalue weighted by Gasteiger charge is 2.38. The van der Waals surface area contributed by atoms with Crippen LogP contribution in [-0.4, -0.2) is 92.0 Å². The monoisotopic (exact) mass is 411 g/mol. The molecule has 29 heavy (non-hydrogen) atoms. The van der Waals surface area contributed by atoms with Crippen LogP contribution in [0.15, 0.2) is 0 Å². The fourth-order valence-electron chi connectivity index (χ4n) is 3.88. The summed E-state index contributed by atoms with van der Waals surface area (Å²) < 4.78 is 16.1. The van der Waals surface area contributed by atoms with E-state index in [0.717, 1.165) is 0 Å². The number of hydrogen-bond donors (Lipinski definition) is 1. The van der Waals surface area contributed by atoms with Crippen molar-refractivity contribution >= 4 is 17.9 Å². The minimum Gasteiger partial charge on any atom is -0.444 e. The minimum atomic E-state index is -0.586. The smallest absolute Gasteiger partial charge is 0.410 e. The summed E-state index contributed by atoms with van der Waals surface area (Å²) in [4.78, 5) is 41.3. The van der Waals surface area contributed by atoms with Crippen molar-refractivity contribution in [1.29, 1.82) is 0 Å². The van der Waals surface area contributed by atoms with Crippen LogP contribution in [0.2, 0.25) is 0 Å². The first-order chi connectivity index (χ1) is 13.7. The Bertz CT molecular complexity index is 608. The lowest BCUT2D eigenvalue weighted by atomic mass is 10.0. The maximum atomic E-state index is 13.0. The summed E-state index contributed by atoms with van der Waals surface area (Å²) in [5, 5.41) is 2.95. The summed E-state index contributed by atoms with van der Waals surface area (Å²) in [6.07, 6.45) is 1.03. The predicted molar refractivity (Wildman–Crippen MR) is 104 cm³/mol. The third-order valence-corrected chi connectivity index (χ3v) is 5.51. The number of carbonyl (C=O) groups is 3. The van der Waals surface area contributed by atoms with Crippen LogP contribution in [0.1, 0.15) is 33.6 Å². The Morgan fingerprint density at radius 1 is 1.03 bits per heavy atom. The van der Waals surface area contributed by atoms with Crippen LogP contribution in [0, 0.1) is 11.8 Å². The van der Waals surface area contributed by atoms with Gasteiger partial charge in [0.05, 0.1) is 31.1 Å². The van der Waals surface area contributed by atoms with E-state index in [2.05, 4.69) is 5.32 Å². The van der Waals surface area contributed by atoms with Gasteiger partial charge < -0.3 is 29.3 Å². The molecule has 3 heterocycles. The summed E-state index contributed by atoms with van der Waals surface area (Å²) in [6.45, 7) is 8.99. The molecule has 0 aromatic rings. The molecule has 9 heteroatoms. The van der Waals surface area contributed by atoms with E-state index in [1.165, 1.54) is 0 Å². The van der Waals surface area contributed by atoms with Gasteiger partial charge in [-0.05, 0) is 33.6 Å². The number of amides is 3. The van der Waals surface area contributed by atoms with E-state index in [1.54, 1.807) is 9.80 Å². The Morgan fingerprint density at radius 3 is 2.28 bits per heavy atom. The van der Waals surface area contributed by atoms with Crippen LogP contribution in [0.4, 0.5) is 4.79 Å². The molecule has 0 aromatic carbocycles. The zero-order valence-corrected chi connectivity index (χ0v) is 17.6. The van der Waals surface area contributed by atoms with Crippen molar-refractivity contribution in [1.82, 2.24) is 15.1 Å². The average Bonchev–Trinajstić information content (AvgIpc) is 3.37. The van der Waals surface area contributed by atoms with Gasteiger partial charge in [-0.1, -0.05) is 0 Å². The lowest BCUT2D eigenvalue weighted by Crippen LogP contribution is -2.61. The maximum Gasteiger partial charge on any atom is 0.410 e. The van der Waals surface area contributed by atoms with Crippen molar-refractivity contribution < 1.29 is 28.6 Å². The molecular weight excluding hydrogens is 378 g/mol. The topological polar surface area (TPSA) is 97.4 Å². The van der Waals surface area contributed by atoms with E-state index in [-0.39, 0.29) is 29.7 Å². The van der Waals surface area contributed by atoms with Crippen LogP contribution in [0.25, 0.3) is 0 Å². The fraction of sp³-hybridized carbons (Fsp3) is 0.850. The van der Waals surface area contributed by atoms with E-state index in [9.17, 15) is 14.4 Å². The molecule has 0 unspecified atom stereocenters. The van der Waals surface area contributed by atoms with Crippen molar-refractivity contribution in [2.24, 2.45) is 11.8 Å². The zero-order valence-electron chi connectivity index (χ0n) is 17.6. The predicted octanol–water partition coefficient (Wildman–Crippen LogP) is 0.624. The maximum absolute atomic E-state index is 13.0. The van der Waals surface area contributed by atoms with Gasteiger partial charge in [-0.25, -0.2) is 4.79 Å². The summed E-state index contributed by atoms with van der Waals surface area (Å²) in [7, 11) is 0. The Balaban J connectivity index is 1.64. The van der Waals surface area contributed by atoms with E-state index >= 15 is 0 Å². The molecule has 3 saturated heterocycles. The molecule has 0 spiro atoms. The third-order valence-electron chi connectivity index (χ3n) is 5.51. The van der Waals surface area contributed by atoms with Crippen molar-refractivity contribution in [3.8, 4) is 0 Å². The van der Waals surface area contributed by atoms with Crippen LogP contribution in [0.5, 0.6) is 0 Å². The normalized spacial score (nSPS) is 27.8. The standard InChI is InChI=1S/C20H33N3O6/c1-20(2,3)29-19(26)22-6-7-23(18(25)15-5-9-28-13-15)16(11-22)10-21-17(24)14-4-8-27-12-14/h14-16H,4-13H2,1-3H3,(H,21,24)/t14-,15-,16-/m1/s1. The molecule has 3 rings (SSSR count). The van der Waals surface area contributed by atoms with Gasteiger partial charge in [0.2, 0.25) is 11.8 Å². The second-order valence-corrected chi connectivity index (χ2v) is 8.98. The summed E-state index contributed by atoms with van der Waals surface area (Å²) >= 11 is 0. The van der Waals surface area contributed by atoms with E-state index in [4.69, 9.17) is 14.2 Å².